The van der Waals surface area contributed by atoms with Gasteiger partial charge < -0.3 is 15.0 Å². The number of hydrogen-bond donors (Lipinski definition) is 3. The third-order valence-corrected chi connectivity index (χ3v) is 4.64. The molecule has 1 aromatic rings. The third-order valence-electron chi connectivity index (χ3n) is 4.64. The van der Waals surface area contributed by atoms with Crippen LogP contribution in [-0.2, 0) is 14.3 Å². The summed E-state index contributed by atoms with van der Waals surface area (Å²) in [5, 5.41) is 2.70. The van der Waals surface area contributed by atoms with Gasteiger partial charge in [-0.15, -0.1) is 0 Å². The van der Waals surface area contributed by atoms with Gasteiger partial charge in [0.2, 0.25) is 5.91 Å². The number of para-hydroxylation sites is 1. The first-order chi connectivity index (χ1) is 14.1. The Morgan fingerprint density at radius 3 is 2.43 bits per heavy atom. The number of amides is 3. The Morgan fingerprint density at radius 2 is 1.83 bits per heavy atom. The first-order valence-corrected chi connectivity index (χ1v) is 10.5. The van der Waals surface area contributed by atoms with E-state index < -0.39 is 23.8 Å². The molecule has 8 nitrogen and oxygen atoms in total. The van der Waals surface area contributed by atoms with Crippen molar-refractivity contribution in [3.8, 4) is 0 Å². The molecule has 1 aliphatic heterocycles. The highest BCUT2D eigenvalue weighted by Gasteiger charge is 2.38. The maximum absolute atomic E-state index is 13.2. The Hall–Kier alpha value is -2.77. The molecule has 0 bridgehead atoms. The second-order valence-corrected chi connectivity index (χ2v) is 9.00. The number of carbonyl (C=O) groups excluding carboxylic acids is 3. The number of likely N-dealkylation sites (tertiary alicyclic amines) is 1. The van der Waals surface area contributed by atoms with Crippen LogP contribution in [-0.4, -0.2) is 47.0 Å². The zero-order chi connectivity index (χ0) is 22.3. The van der Waals surface area contributed by atoms with E-state index in [1.54, 1.807) is 25.7 Å². The van der Waals surface area contributed by atoms with E-state index in [1.807, 2.05) is 44.2 Å². The molecule has 0 aliphatic carbocycles. The van der Waals surface area contributed by atoms with E-state index in [9.17, 15) is 14.4 Å². The quantitative estimate of drug-likeness (QED) is 0.591. The lowest BCUT2D eigenvalue weighted by Crippen LogP contribution is -2.54. The molecule has 0 radical (unpaired) electrons. The summed E-state index contributed by atoms with van der Waals surface area (Å²) in [5.74, 6) is -0.347. The van der Waals surface area contributed by atoms with Gasteiger partial charge in [0.25, 0.3) is 5.91 Å². The molecule has 8 heteroatoms. The summed E-state index contributed by atoms with van der Waals surface area (Å²) in [6.07, 6.45) is 1.14. The summed E-state index contributed by atoms with van der Waals surface area (Å²) in [6.45, 7) is 9.75. The number of benzene rings is 1. The Balaban J connectivity index is 2.03. The fourth-order valence-corrected chi connectivity index (χ4v) is 3.38. The standard InChI is InChI=1S/C22H34N4O4/c1-15(2)14-17(23-21(29)30-22(3,4)5)20(28)26-13-9-12-18(26)19(27)25-24-16-10-7-6-8-11-16/h6-8,10-11,15,17-18,24H,9,12-14H2,1-5H3,(H,23,29)(H,25,27)/t17-,18-/m0/s1. The molecule has 3 amide bonds. The average molecular weight is 419 g/mol. The number of hydrazine groups is 1. The summed E-state index contributed by atoms with van der Waals surface area (Å²) in [5.41, 5.74) is 5.65. The first-order valence-electron chi connectivity index (χ1n) is 10.5. The van der Waals surface area contributed by atoms with E-state index in [0.717, 1.165) is 12.1 Å². The molecule has 2 rings (SSSR count). The topological polar surface area (TPSA) is 99.8 Å². The van der Waals surface area contributed by atoms with Gasteiger partial charge in [0.1, 0.15) is 17.7 Å². The van der Waals surface area contributed by atoms with E-state index in [0.29, 0.717) is 19.4 Å². The molecule has 30 heavy (non-hydrogen) atoms. The van der Waals surface area contributed by atoms with Gasteiger partial charge in [0.15, 0.2) is 0 Å². The Labute approximate surface area is 178 Å². The average Bonchev–Trinajstić information content (AvgIpc) is 3.13. The van der Waals surface area contributed by atoms with Crippen LogP contribution in [0.15, 0.2) is 30.3 Å². The Kier molecular flexibility index (Phi) is 8.08. The maximum Gasteiger partial charge on any atom is 0.408 e. The van der Waals surface area contributed by atoms with Crippen molar-refractivity contribution in [1.29, 1.82) is 0 Å². The minimum absolute atomic E-state index is 0.184. The third kappa shape index (κ3) is 7.24. The number of nitrogens with zero attached hydrogens (tertiary/aromatic N) is 1. The van der Waals surface area contributed by atoms with E-state index in [4.69, 9.17) is 4.74 Å². The minimum Gasteiger partial charge on any atom is -0.444 e. The number of alkyl carbamates (subject to hydrolysis) is 1. The number of ether oxygens (including phenoxy) is 1. The molecular weight excluding hydrogens is 384 g/mol. The molecule has 3 N–H and O–H groups in total. The maximum atomic E-state index is 13.2. The lowest BCUT2D eigenvalue weighted by molar-refractivity contribution is -0.140. The molecule has 0 unspecified atom stereocenters. The molecular formula is C22H34N4O4. The van der Waals surface area contributed by atoms with Crippen LogP contribution < -0.4 is 16.2 Å². The molecule has 0 aromatic heterocycles. The molecule has 0 spiro atoms. The molecule has 1 aromatic carbocycles. The van der Waals surface area contributed by atoms with Crippen molar-refractivity contribution < 1.29 is 19.1 Å². The highest BCUT2D eigenvalue weighted by Crippen LogP contribution is 2.21. The lowest BCUT2D eigenvalue weighted by atomic mass is 10.0. The van der Waals surface area contributed by atoms with Gasteiger partial charge in [-0.05, 0) is 58.1 Å². The summed E-state index contributed by atoms with van der Waals surface area (Å²) in [6, 6.07) is 7.95. The van der Waals surface area contributed by atoms with Crippen LogP contribution in [0.25, 0.3) is 0 Å². The molecule has 1 saturated heterocycles. The van der Waals surface area contributed by atoms with Crippen molar-refractivity contribution in [2.75, 3.05) is 12.0 Å². The van der Waals surface area contributed by atoms with Crippen LogP contribution in [0.3, 0.4) is 0 Å². The smallest absolute Gasteiger partial charge is 0.408 e. The molecule has 0 saturated carbocycles. The Bertz CT molecular complexity index is 730. The van der Waals surface area contributed by atoms with E-state index >= 15 is 0 Å². The minimum atomic E-state index is -0.740. The van der Waals surface area contributed by atoms with Crippen LogP contribution in [0.5, 0.6) is 0 Å². The molecule has 2 atom stereocenters. The molecule has 1 heterocycles. The van der Waals surface area contributed by atoms with Crippen molar-refractivity contribution in [1.82, 2.24) is 15.6 Å². The van der Waals surface area contributed by atoms with Crippen molar-refractivity contribution in [2.24, 2.45) is 5.92 Å². The highest BCUT2D eigenvalue weighted by molar-refractivity contribution is 5.92. The van der Waals surface area contributed by atoms with Crippen LogP contribution in [0.2, 0.25) is 0 Å². The normalized spacial score (nSPS) is 17.4. The fraction of sp³-hybridized carbons (Fsp3) is 0.591. The van der Waals surface area contributed by atoms with Crippen molar-refractivity contribution in [3.05, 3.63) is 30.3 Å². The van der Waals surface area contributed by atoms with Gasteiger partial charge in [-0.25, -0.2) is 4.79 Å². The highest BCUT2D eigenvalue weighted by atomic mass is 16.6. The number of hydrogen-bond acceptors (Lipinski definition) is 5. The van der Waals surface area contributed by atoms with Crippen LogP contribution in [0.1, 0.15) is 53.9 Å². The summed E-state index contributed by atoms with van der Waals surface area (Å²) >= 11 is 0. The lowest BCUT2D eigenvalue weighted by Gasteiger charge is -2.30. The van der Waals surface area contributed by atoms with Gasteiger partial charge in [-0.3, -0.25) is 20.4 Å². The summed E-state index contributed by atoms with van der Waals surface area (Å²) in [7, 11) is 0. The first kappa shape index (κ1) is 23.5. The van der Waals surface area contributed by atoms with E-state index in [1.165, 1.54) is 0 Å². The van der Waals surface area contributed by atoms with Gasteiger partial charge in [0, 0.05) is 6.54 Å². The van der Waals surface area contributed by atoms with E-state index in [-0.39, 0.29) is 17.7 Å². The van der Waals surface area contributed by atoms with Crippen molar-refractivity contribution in [3.63, 3.8) is 0 Å². The summed E-state index contributed by atoms with van der Waals surface area (Å²) in [4.78, 5) is 39.7. The predicted octanol–water partition coefficient (Wildman–Crippen LogP) is 3.06. The second kappa shape index (κ2) is 10.3. The molecule has 1 aliphatic rings. The fourth-order valence-electron chi connectivity index (χ4n) is 3.38. The number of nitrogens with one attached hydrogen (secondary N) is 3. The van der Waals surface area contributed by atoms with Crippen molar-refractivity contribution in [2.45, 2.75) is 71.6 Å². The summed E-state index contributed by atoms with van der Waals surface area (Å²) < 4.78 is 5.31. The molecule has 166 valence electrons. The van der Waals surface area contributed by atoms with Gasteiger partial charge in [-0.1, -0.05) is 32.0 Å². The number of rotatable bonds is 7. The second-order valence-electron chi connectivity index (χ2n) is 9.00. The predicted molar refractivity (Wildman–Crippen MR) is 116 cm³/mol. The number of carbonyl (C=O) groups is 3. The molecule has 1 fully saturated rings. The monoisotopic (exact) mass is 418 g/mol. The van der Waals surface area contributed by atoms with Gasteiger partial charge in [0.05, 0.1) is 5.69 Å². The van der Waals surface area contributed by atoms with Crippen molar-refractivity contribution >= 4 is 23.6 Å². The zero-order valence-electron chi connectivity index (χ0n) is 18.5. The van der Waals surface area contributed by atoms with Crippen LogP contribution in [0, 0.1) is 5.92 Å². The van der Waals surface area contributed by atoms with Gasteiger partial charge in [-0.2, -0.15) is 0 Å². The van der Waals surface area contributed by atoms with E-state index in [2.05, 4.69) is 16.2 Å². The van der Waals surface area contributed by atoms with Crippen LogP contribution >= 0.6 is 0 Å². The number of anilines is 1. The van der Waals surface area contributed by atoms with Gasteiger partial charge >= 0.3 is 6.09 Å². The SMILES string of the molecule is CC(C)C[C@H](NC(=O)OC(C)(C)C)C(=O)N1CCC[C@H]1C(=O)NNc1ccccc1. The Morgan fingerprint density at radius 1 is 1.17 bits per heavy atom. The zero-order valence-corrected chi connectivity index (χ0v) is 18.5. The van der Waals surface area contributed by atoms with Crippen LogP contribution in [0.4, 0.5) is 10.5 Å². The largest absolute Gasteiger partial charge is 0.444 e.